The Morgan fingerprint density at radius 2 is 1.94 bits per heavy atom. The summed E-state index contributed by atoms with van der Waals surface area (Å²) >= 11 is 0. The van der Waals surface area contributed by atoms with E-state index in [9.17, 15) is 18.3 Å². The third kappa shape index (κ3) is 3.51. The van der Waals surface area contributed by atoms with Gasteiger partial charge >= 0.3 is 0 Å². The molecule has 2 aromatic carbocycles. The van der Waals surface area contributed by atoms with E-state index in [2.05, 4.69) is 15.3 Å². The van der Waals surface area contributed by atoms with Crippen molar-refractivity contribution >= 4 is 26.4 Å². The Morgan fingerprint density at radius 1 is 1.16 bits per heavy atom. The summed E-state index contributed by atoms with van der Waals surface area (Å²) in [5, 5.41) is 17.7. The molecule has 31 heavy (non-hydrogen) atoms. The second-order valence-corrected chi connectivity index (χ2v) is 8.89. The van der Waals surface area contributed by atoms with Gasteiger partial charge in [-0.15, -0.1) is 5.10 Å². The van der Waals surface area contributed by atoms with E-state index in [1.165, 1.54) is 29.8 Å². The number of ether oxygens (including phenoxy) is 2. The number of sulfone groups is 1. The van der Waals surface area contributed by atoms with Crippen LogP contribution in [0.15, 0.2) is 45.0 Å². The third-order valence-corrected chi connectivity index (χ3v) is 6.66. The molecule has 2 N–H and O–H groups in total. The highest BCUT2D eigenvalue weighted by Gasteiger charge is 2.28. The Bertz CT molecular complexity index is 1470. The van der Waals surface area contributed by atoms with E-state index in [-0.39, 0.29) is 44.6 Å². The van der Waals surface area contributed by atoms with Crippen LogP contribution >= 0.6 is 0 Å². The number of nitrogens with zero attached hydrogens (tertiary/aromatic N) is 3. The van der Waals surface area contributed by atoms with Crippen LogP contribution in [0.25, 0.3) is 16.6 Å². The molecule has 2 aromatic heterocycles. The maximum atomic E-state index is 13.3. The fraction of sp³-hybridized carbons (Fsp3) is 0.250. The highest BCUT2D eigenvalue weighted by Crippen LogP contribution is 2.31. The van der Waals surface area contributed by atoms with Crippen LogP contribution in [0.1, 0.15) is 11.1 Å². The standard InChI is InChI=1S/C20H20N4O6S/c1-11-4-5-17(12(2)8-11)31(27,28)20-18-21-19(26)13-9-15(25)16(30-7-6-29-3)10-14(13)24(18)23-22-20/h4-5,8-10,25H,6-7H2,1-3H3,(H,21,26). The predicted octanol–water partition coefficient (Wildman–Crippen LogP) is 1.75. The SMILES string of the molecule is COCCOc1cc2c(cc1O)c(=O)[nH]c1c(S(=O)(=O)c3ccc(C)cc3C)nnn12. The number of methoxy groups -OCH3 is 1. The second kappa shape index (κ2) is 7.67. The smallest absolute Gasteiger partial charge is 0.259 e. The number of H-pyrrole nitrogens is 1. The van der Waals surface area contributed by atoms with Crippen molar-refractivity contribution in [3.8, 4) is 11.5 Å². The first-order chi connectivity index (χ1) is 14.7. The highest BCUT2D eigenvalue weighted by atomic mass is 32.2. The number of aromatic hydroxyl groups is 1. The number of benzene rings is 2. The van der Waals surface area contributed by atoms with Crippen LogP contribution in [-0.2, 0) is 14.6 Å². The van der Waals surface area contributed by atoms with Crippen molar-refractivity contribution in [3.63, 3.8) is 0 Å². The molecule has 162 valence electrons. The van der Waals surface area contributed by atoms with Gasteiger partial charge in [-0.2, -0.15) is 4.52 Å². The Hall–Kier alpha value is -3.44. The average molecular weight is 444 g/mol. The molecule has 4 rings (SSSR count). The summed E-state index contributed by atoms with van der Waals surface area (Å²) in [6, 6.07) is 7.59. The molecule has 0 aliphatic heterocycles. The van der Waals surface area contributed by atoms with Crippen molar-refractivity contribution in [2.24, 2.45) is 0 Å². The van der Waals surface area contributed by atoms with E-state index in [0.717, 1.165) is 5.56 Å². The Labute approximate surface area is 177 Å². The van der Waals surface area contributed by atoms with Gasteiger partial charge in [-0.25, -0.2) is 8.42 Å². The Balaban J connectivity index is 1.93. The number of rotatable bonds is 6. The molecule has 0 aliphatic rings. The highest BCUT2D eigenvalue weighted by molar-refractivity contribution is 7.91. The Morgan fingerprint density at radius 3 is 2.65 bits per heavy atom. The van der Waals surface area contributed by atoms with Gasteiger partial charge in [0.15, 0.2) is 17.1 Å². The number of hydrogen-bond acceptors (Lipinski definition) is 8. The van der Waals surface area contributed by atoms with Crippen molar-refractivity contribution < 1.29 is 23.0 Å². The zero-order valence-electron chi connectivity index (χ0n) is 17.0. The van der Waals surface area contributed by atoms with Crippen LogP contribution in [0.4, 0.5) is 0 Å². The van der Waals surface area contributed by atoms with Crippen LogP contribution in [0.5, 0.6) is 11.5 Å². The van der Waals surface area contributed by atoms with Crippen molar-refractivity contribution in [1.82, 2.24) is 19.8 Å². The van der Waals surface area contributed by atoms with Crippen LogP contribution in [0, 0.1) is 13.8 Å². The molecule has 10 nitrogen and oxygen atoms in total. The molecule has 0 aliphatic carbocycles. The number of nitrogens with one attached hydrogen (secondary N) is 1. The number of aromatic amines is 1. The van der Waals surface area contributed by atoms with Gasteiger partial charge in [-0.3, -0.25) is 4.79 Å². The first-order valence-electron chi connectivity index (χ1n) is 9.32. The molecular formula is C20H20N4O6S. The maximum Gasteiger partial charge on any atom is 0.259 e. The van der Waals surface area contributed by atoms with Gasteiger partial charge in [0.2, 0.25) is 14.9 Å². The third-order valence-electron chi connectivity index (χ3n) is 4.84. The summed E-state index contributed by atoms with van der Waals surface area (Å²) in [6.07, 6.45) is 0. The number of aryl methyl sites for hydroxylation is 2. The zero-order chi connectivity index (χ0) is 22.3. The minimum Gasteiger partial charge on any atom is -0.504 e. The summed E-state index contributed by atoms with van der Waals surface area (Å²) in [7, 11) is -2.54. The number of hydrogen-bond donors (Lipinski definition) is 2. The largest absolute Gasteiger partial charge is 0.504 e. The van der Waals surface area contributed by atoms with Crippen molar-refractivity contribution in [2.75, 3.05) is 20.3 Å². The molecule has 0 atom stereocenters. The molecule has 11 heteroatoms. The molecule has 0 saturated heterocycles. The molecule has 0 fully saturated rings. The molecule has 0 unspecified atom stereocenters. The topological polar surface area (TPSA) is 136 Å². The fourth-order valence-electron chi connectivity index (χ4n) is 3.37. The average Bonchev–Trinajstić information content (AvgIpc) is 3.13. The van der Waals surface area contributed by atoms with E-state index in [0.29, 0.717) is 12.2 Å². The summed E-state index contributed by atoms with van der Waals surface area (Å²) in [4.78, 5) is 15.2. The lowest BCUT2D eigenvalue weighted by Crippen LogP contribution is -2.13. The van der Waals surface area contributed by atoms with Crippen molar-refractivity contribution in [1.29, 1.82) is 0 Å². The Kier molecular flexibility index (Phi) is 5.15. The fourth-order valence-corrected chi connectivity index (χ4v) is 4.84. The van der Waals surface area contributed by atoms with Crippen LogP contribution in [0.3, 0.4) is 0 Å². The van der Waals surface area contributed by atoms with Crippen LogP contribution in [-0.4, -0.2) is 53.7 Å². The van der Waals surface area contributed by atoms with Crippen LogP contribution < -0.4 is 10.3 Å². The monoisotopic (exact) mass is 444 g/mol. The van der Waals surface area contributed by atoms with E-state index >= 15 is 0 Å². The number of phenols is 1. The molecule has 0 spiro atoms. The van der Waals surface area contributed by atoms with Gasteiger partial charge in [-0.05, 0) is 31.5 Å². The minimum absolute atomic E-state index is 0.0778. The summed E-state index contributed by atoms with van der Waals surface area (Å²) in [6.45, 7) is 4.02. The van der Waals surface area contributed by atoms with Gasteiger partial charge < -0.3 is 19.6 Å². The molecule has 0 bridgehead atoms. The molecule has 0 amide bonds. The van der Waals surface area contributed by atoms with Crippen molar-refractivity contribution in [2.45, 2.75) is 23.8 Å². The predicted molar refractivity (Wildman–Crippen MR) is 112 cm³/mol. The first-order valence-corrected chi connectivity index (χ1v) is 10.8. The summed E-state index contributed by atoms with van der Waals surface area (Å²) < 4.78 is 38.1. The lowest BCUT2D eigenvalue weighted by molar-refractivity contribution is 0.144. The van der Waals surface area contributed by atoms with Gasteiger partial charge in [0.25, 0.3) is 5.56 Å². The minimum atomic E-state index is -4.05. The quantitative estimate of drug-likeness (QED) is 0.429. The molecular weight excluding hydrogens is 424 g/mol. The van der Waals surface area contributed by atoms with Crippen molar-refractivity contribution in [3.05, 3.63) is 51.8 Å². The maximum absolute atomic E-state index is 13.3. The zero-order valence-corrected chi connectivity index (χ0v) is 17.9. The normalized spacial score (nSPS) is 12.0. The molecule has 0 radical (unpaired) electrons. The lowest BCUT2D eigenvalue weighted by atomic mass is 10.2. The van der Waals surface area contributed by atoms with E-state index in [1.54, 1.807) is 19.1 Å². The second-order valence-electron chi connectivity index (χ2n) is 7.06. The van der Waals surface area contributed by atoms with Gasteiger partial charge in [-0.1, -0.05) is 22.9 Å². The molecule has 4 aromatic rings. The summed E-state index contributed by atoms with van der Waals surface area (Å²) in [5.74, 6) is -0.137. The number of aromatic nitrogens is 4. The van der Waals surface area contributed by atoms with Gasteiger partial charge in [0.05, 0.1) is 22.4 Å². The van der Waals surface area contributed by atoms with E-state index in [1.807, 2.05) is 6.92 Å². The summed E-state index contributed by atoms with van der Waals surface area (Å²) in [5.41, 5.74) is 1.04. The van der Waals surface area contributed by atoms with E-state index in [4.69, 9.17) is 9.47 Å². The number of phenolic OH excluding ortho intramolecular Hbond substituents is 1. The molecule has 0 saturated carbocycles. The van der Waals surface area contributed by atoms with Crippen LogP contribution in [0.2, 0.25) is 0 Å². The van der Waals surface area contributed by atoms with E-state index < -0.39 is 15.4 Å². The lowest BCUT2D eigenvalue weighted by Gasteiger charge is -2.10. The number of fused-ring (bicyclic) bond motifs is 3. The molecule has 2 heterocycles. The van der Waals surface area contributed by atoms with Gasteiger partial charge in [0.1, 0.15) is 6.61 Å². The first kappa shape index (κ1) is 20.8. The van der Waals surface area contributed by atoms with Gasteiger partial charge in [0, 0.05) is 13.2 Å².